The van der Waals surface area contributed by atoms with Crippen molar-refractivity contribution in [3.63, 3.8) is 0 Å². The van der Waals surface area contributed by atoms with E-state index in [-0.39, 0.29) is 11.4 Å². The normalized spacial score (nSPS) is 17.8. The van der Waals surface area contributed by atoms with Gasteiger partial charge in [-0.05, 0) is 29.8 Å². The summed E-state index contributed by atoms with van der Waals surface area (Å²) in [6, 6.07) is 15.5. The van der Waals surface area contributed by atoms with Gasteiger partial charge < -0.3 is 9.64 Å². The maximum Gasteiger partial charge on any atom is 0.286 e. The zero-order valence-electron chi connectivity index (χ0n) is 15.5. The fourth-order valence-electron chi connectivity index (χ4n) is 3.31. The van der Waals surface area contributed by atoms with Crippen LogP contribution in [0.5, 0.6) is 0 Å². The fourth-order valence-corrected chi connectivity index (χ4v) is 4.79. The van der Waals surface area contributed by atoms with E-state index in [1.54, 1.807) is 36.4 Å². The van der Waals surface area contributed by atoms with Crippen molar-refractivity contribution in [3.8, 4) is 6.07 Å². The van der Waals surface area contributed by atoms with Crippen LogP contribution in [-0.2, 0) is 25.9 Å². The fraction of sp³-hybridized carbons (Fsp3) is 0.250. The van der Waals surface area contributed by atoms with Crippen molar-refractivity contribution in [2.75, 3.05) is 31.3 Å². The molecule has 0 unspecified atom stereocenters. The Morgan fingerprint density at radius 1 is 1.14 bits per heavy atom. The first-order valence-electron chi connectivity index (χ1n) is 9.07. The van der Waals surface area contributed by atoms with Crippen LogP contribution >= 0.6 is 0 Å². The summed E-state index contributed by atoms with van der Waals surface area (Å²) in [5.41, 5.74) is 1.67. The number of nitriles is 1. The molecule has 2 aliphatic rings. The highest BCUT2D eigenvalue weighted by atomic mass is 32.2. The van der Waals surface area contributed by atoms with Gasteiger partial charge in [-0.2, -0.15) is 10.4 Å². The molecule has 9 heteroatoms. The summed E-state index contributed by atoms with van der Waals surface area (Å²) in [7, 11) is -4.05. The van der Waals surface area contributed by atoms with Crippen LogP contribution in [0.3, 0.4) is 0 Å². The van der Waals surface area contributed by atoms with Crippen LogP contribution in [0.1, 0.15) is 11.1 Å². The number of carbonyl (C=O) groups is 1. The molecule has 29 heavy (non-hydrogen) atoms. The average Bonchev–Trinajstić information content (AvgIpc) is 2.76. The first-order chi connectivity index (χ1) is 14.0. The van der Waals surface area contributed by atoms with Gasteiger partial charge in [0.2, 0.25) is 14.9 Å². The minimum Gasteiger partial charge on any atom is -0.378 e. The monoisotopic (exact) mass is 410 g/mol. The maximum atomic E-state index is 13.1. The second kappa shape index (κ2) is 7.66. The van der Waals surface area contributed by atoms with E-state index in [1.807, 2.05) is 6.07 Å². The smallest absolute Gasteiger partial charge is 0.286 e. The molecule has 4 rings (SSSR count). The number of para-hydroxylation sites is 1. The van der Waals surface area contributed by atoms with Gasteiger partial charge in [-0.15, -0.1) is 0 Å². The number of rotatable bonds is 3. The van der Waals surface area contributed by atoms with E-state index < -0.39 is 20.8 Å². The van der Waals surface area contributed by atoms with Crippen LogP contribution in [0.4, 0.5) is 5.69 Å². The molecule has 0 aliphatic carbocycles. The topological polar surface area (TPSA) is 103 Å². The number of ether oxygens (including phenoxy) is 1. The minimum absolute atomic E-state index is 0.0445. The number of nitrogens with zero attached hydrogens (tertiary/aromatic N) is 4. The number of hydrogen-bond donors (Lipinski definition) is 0. The molecule has 8 nitrogen and oxygen atoms in total. The summed E-state index contributed by atoms with van der Waals surface area (Å²) in [6.45, 7) is 1.58. The number of carbonyl (C=O) groups excluding carboxylic acids is 1. The second-order valence-corrected chi connectivity index (χ2v) is 8.48. The summed E-state index contributed by atoms with van der Waals surface area (Å²) in [6.07, 6.45) is 0. The quantitative estimate of drug-likeness (QED) is 0.760. The lowest BCUT2D eigenvalue weighted by Crippen LogP contribution is -2.47. The number of hydrogen-bond acceptors (Lipinski definition) is 7. The number of fused-ring (bicyclic) bond motifs is 1. The molecule has 1 fully saturated rings. The zero-order chi connectivity index (χ0) is 20.4. The molecule has 2 aliphatic heterocycles. The van der Waals surface area contributed by atoms with Crippen molar-refractivity contribution in [1.82, 2.24) is 4.90 Å². The lowest BCUT2D eigenvalue weighted by molar-refractivity contribution is -0.127. The Labute approximate surface area is 168 Å². The molecule has 1 saturated heterocycles. The van der Waals surface area contributed by atoms with Crippen LogP contribution in [0.25, 0.3) is 0 Å². The van der Waals surface area contributed by atoms with Crippen molar-refractivity contribution in [1.29, 1.82) is 5.26 Å². The second-order valence-electron chi connectivity index (χ2n) is 6.65. The number of morpholine rings is 1. The van der Waals surface area contributed by atoms with E-state index >= 15 is 0 Å². The first-order valence-corrected chi connectivity index (χ1v) is 10.6. The summed E-state index contributed by atoms with van der Waals surface area (Å²) in [5, 5.41) is 14.4. The van der Waals surface area contributed by atoms with Crippen molar-refractivity contribution < 1.29 is 17.9 Å². The minimum atomic E-state index is -4.05. The highest BCUT2D eigenvalue weighted by Crippen LogP contribution is 2.33. The van der Waals surface area contributed by atoms with E-state index in [4.69, 9.17) is 10.00 Å². The molecule has 1 amide bonds. The Bertz CT molecular complexity index is 1130. The molecule has 2 aromatic rings. The van der Waals surface area contributed by atoms with Crippen molar-refractivity contribution in [2.45, 2.75) is 11.4 Å². The van der Waals surface area contributed by atoms with Gasteiger partial charge in [-0.25, -0.2) is 8.42 Å². The number of amides is 1. The van der Waals surface area contributed by atoms with Crippen molar-refractivity contribution in [3.05, 3.63) is 59.7 Å². The predicted molar refractivity (Wildman–Crippen MR) is 106 cm³/mol. The highest BCUT2D eigenvalue weighted by Gasteiger charge is 2.39. The molecule has 0 atom stereocenters. The van der Waals surface area contributed by atoms with Crippen LogP contribution in [-0.4, -0.2) is 50.6 Å². The first kappa shape index (κ1) is 19.1. The maximum absolute atomic E-state index is 13.1. The molecule has 2 heterocycles. The predicted octanol–water partition coefficient (Wildman–Crippen LogP) is 1.52. The number of hydrazone groups is 1. The van der Waals surface area contributed by atoms with Gasteiger partial charge in [0.25, 0.3) is 5.91 Å². The Kier molecular flexibility index (Phi) is 5.05. The Balaban J connectivity index is 1.76. The lowest BCUT2D eigenvalue weighted by atomic mass is 10.1. The SMILES string of the molecule is N#Cc1cccc(CN2N=C(C(=O)N3CCOCC3)S(=O)(=O)c3ccccc32)c1. The van der Waals surface area contributed by atoms with Crippen LogP contribution < -0.4 is 5.01 Å². The Morgan fingerprint density at radius 2 is 1.90 bits per heavy atom. The summed E-state index contributed by atoms with van der Waals surface area (Å²) >= 11 is 0. The third-order valence-corrected chi connectivity index (χ3v) is 6.46. The molecule has 0 spiro atoms. The van der Waals surface area contributed by atoms with Gasteiger partial charge >= 0.3 is 0 Å². The molecule has 0 radical (unpaired) electrons. The van der Waals surface area contributed by atoms with Gasteiger partial charge in [-0.1, -0.05) is 24.3 Å². The van der Waals surface area contributed by atoms with Gasteiger partial charge in [-0.3, -0.25) is 9.80 Å². The van der Waals surface area contributed by atoms with E-state index in [9.17, 15) is 13.2 Å². The summed E-state index contributed by atoms with van der Waals surface area (Å²) in [5.74, 6) is -0.626. The molecule has 0 N–H and O–H groups in total. The van der Waals surface area contributed by atoms with Gasteiger partial charge in [0.1, 0.15) is 0 Å². The van der Waals surface area contributed by atoms with Crippen molar-refractivity contribution in [2.24, 2.45) is 5.10 Å². The van der Waals surface area contributed by atoms with E-state index in [0.717, 1.165) is 5.56 Å². The van der Waals surface area contributed by atoms with Crippen LogP contribution in [0, 0.1) is 11.3 Å². The van der Waals surface area contributed by atoms with Crippen molar-refractivity contribution >= 4 is 26.5 Å². The zero-order valence-corrected chi connectivity index (χ0v) is 16.3. The van der Waals surface area contributed by atoms with E-state index in [0.29, 0.717) is 37.6 Å². The van der Waals surface area contributed by atoms with E-state index in [2.05, 4.69) is 11.2 Å². The van der Waals surface area contributed by atoms with Gasteiger partial charge in [0.05, 0.1) is 42.0 Å². The lowest BCUT2D eigenvalue weighted by Gasteiger charge is -2.31. The molecule has 148 valence electrons. The standard InChI is InChI=1S/C20H18N4O4S/c21-13-15-4-3-5-16(12-15)14-24-17-6-1-2-7-18(17)29(26,27)19(22-24)20(25)23-8-10-28-11-9-23/h1-7,12H,8-11,14H2. The molecular weight excluding hydrogens is 392 g/mol. The number of benzene rings is 2. The highest BCUT2D eigenvalue weighted by molar-refractivity contribution is 8.08. The van der Waals surface area contributed by atoms with Crippen LogP contribution in [0.15, 0.2) is 58.5 Å². The third kappa shape index (κ3) is 3.60. The van der Waals surface area contributed by atoms with E-state index in [1.165, 1.54) is 16.0 Å². The molecular formula is C20H18N4O4S. The molecule has 0 aromatic heterocycles. The Morgan fingerprint density at radius 3 is 2.66 bits per heavy atom. The van der Waals surface area contributed by atoms with Crippen LogP contribution in [0.2, 0.25) is 0 Å². The van der Waals surface area contributed by atoms with Gasteiger partial charge in [0.15, 0.2) is 0 Å². The van der Waals surface area contributed by atoms with Gasteiger partial charge in [0, 0.05) is 13.1 Å². The number of anilines is 1. The molecule has 0 saturated carbocycles. The molecule has 2 aromatic carbocycles. The molecule has 0 bridgehead atoms. The average molecular weight is 410 g/mol. The number of sulfone groups is 1. The third-order valence-electron chi connectivity index (χ3n) is 4.77. The summed E-state index contributed by atoms with van der Waals surface area (Å²) in [4.78, 5) is 14.5. The summed E-state index contributed by atoms with van der Waals surface area (Å²) < 4.78 is 31.5. The largest absolute Gasteiger partial charge is 0.378 e. The Hall–Kier alpha value is -3.22.